The van der Waals surface area contributed by atoms with Gasteiger partial charge in [0.2, 0.25) is 0 Å². The van der Waals surface area contributed by atoms with Crippen molar-refractivity contribution in [3.05, 3.63) is 27.3 Å². The Morgan fingerprint density at radius 1 is 1.47 bits per heavy atom. The maximum absolute atomic E-state index is 11.6. The molecule has 0 atom stereocenters. The Bertz CT molecular complexity index is 388. The van der Waals surface area contributed by atoms with E-state index in [1.807, 2.05) is 32.0 Å². The third-order valence-corrected chi connectivity index (χ3v) is 3.35. The molecule has 0 bridgehead atoms. The van der Waals surface area contributed by atoms with Gasteiger partial charge in [-0.25, -0.2) is 0 Å². The number of benzene rings is 1. The molecule has 0 radical (unpaired) electrons. The van der Waals surface area contributed by atoms with Crippen molar-refractivity contribution in [3.63, 3.8) is 0 Å². The number of ether oxygens (including phenoxy) is 1. The molecule has 0 amide bonds. The summed E-state index contributed by atoms with van der Waals surface area (Å²) in [6, 6.07) is 5.57. The summed E-state index contributed by atoms with van der Waals surface area (Å²) in [6.07, 6.45) is 0. The van der Waals surface area contributed by atoms with Crippen LogP contribution in [-0.2, 0) is 14.9 Å². The van der Waals surface area contributed by atoms with Gasteiger partial charge >= 0.3 is 5.97 Å². The molecule has 0 aliphatic heterocycles. The molecule has 3 nitrogen and oxygen atoms in total. The average Bonchev–Trinajstić information content (AvgIpc) is 2.20. The van der Waals surface area contributed by atoms with Gasteiger partial charge in [-0.1, -0.05) is 6.07 Å². The first-order chi connectivity index (χ1) is 6.89. The van der Waals surface area contributed by atoms with Crippen LogP contribution in [0.3, 0.4) is 0 Å². The van der Waals surface area contributed by atoms with Crippen LogP contribution in [0, 0.1) is 3.57 Å². The zero-order valence-corrected chi connectivity index (χ0v) is 11.2. The fraction of sp³-hybridized carbons (Fsp3) is 0.364. The molecule has 4 heteroatoms. The highest BCUT2D eigenvalue weighted by Gasteiger charge is 2.31. The summed E-state index contributed by atoms with van der Waals surface area (Å²) in [5.74, 6) is -0.247. The summed E-state index contributed by atoms with van der Waals surface area (Å²) < 4.78 is 5.71. The second-order valence-electron chi connectivity index (χ2n) is 3.85. The lowest BCUT2D eigenvalue weighted by atomic mass is 9.85. The van der Waals surface area contributed by atoms with Gasteiger partial charge in [-0.15, -0.1) is 0 Å². The van der Waals surface area contributed by atoms with Crippen molar-refractivity contribution >= 4 is 34.2 Å². The van der Waals surface area contributed by atoms with Crippen molar-refractivity contribution in [2.24, 2.45) is 0 Å². The fourth-order valence-corrected chi connectivity index (χ4v) is 1.80. The molecule has 1 aromatic carbocycles. The molecule has 1 rings (SSSR count). The van der Waals surface area contributed by atoms with E-state index in [0.29, 0.717) is 0 Å². The molecule has 15 heavy (non-hydrogen) atoms. The molecule has 0 fully saturated rings. The van der Waals surface area contributed by atoms with E-state index in [4.69, 9.17) is 10.5 Å². The smallest absolute Gasteiger partial charge is 0.315 e. The minimum atomic E-state index is -0.637. The maximum Gasteiger partial charge on any atom is 0.315 e. The Hall–Kier alpha value is -0.780. The van der Waals surface area contributed by atoms with E-state index in [1.165, 1.54) is 7.11 Å². The summed E-state index contributed by atoms with van der Waals surface area (Å²) in [5.41, 5.74) is 6.71. The van der Waals surface area contributed by atoms with E-state index in [1.54, 1.807) is 0 Å². The molecule has 0 unspecified atom stereocenters. The predicted molar refractivity (Wildman–Crippen MR) is 68.6 cm³/mol. The third kappa shape index (κ3) is 2.42. The maximum atomic E-state index is 11.6. The van der Waals surface area contributed by atoms with E-state index in [2.05, 4.69) is 22.6 Å². The predicted octanol–water partition coefficient (Wildman–Crippen LogP) is 2.32. The van der Waals surface area contributed by atoms with Gasteiger partial charge in [0.05, 0.1) is 12.5 Å². The Labute approximate surface area is 103 Å². The highest BCUT2D eigenvalue weighted by Crippen LogP contribution is 2.28. The van der Waals surface area contributed by atoms with E-state index in [-0.39, 0.29) is 5.97 Å². The highest BCUT2D eigenvalue weighted by molar-refractivity contribution is 14.1. The minimum absolute atomic E-state index is 0.247. The largest absolute Gasteiger partial charge is 0.468 e. The topological polar surface area (TPSA) is 52.3 Å². The van der Waals surface area contributed by atoms with Crippen LogP contribution >= 0.6 is 22.6 Å². The number of carbonyl (C=O) groups is 1. The zero-order valence-electron chi connectivity index (χ0n) is 9.00. The lowest BCUT2D eigenvalue weighted by Crippen LogP contribution is -2.30. The molecule has 2 N–H and O–H groups in total. The van der Waals surface area contributed by atoms with Crippen LogP contribution < -0.4 is 5.73 Å². The average molecular weight is 319 g/mol. The summed E-state index contributed by atoms with van der Waals surface area (Å²) in [6.45, 7) is 3.67. The van der Waals surface area contributed by atoms with Crippen molar-refractivity contribution < 1.29 is 9.53 Å². The van der Waals surface area contributed by atoms with Gasteiger partial charge in [0.25, 0.3) is 0 Å². The zero-order chi connectivity index (χ0) is 11.6. The molecular formula is C11H14INO2. The van der Waals surface area contributed by atoms with E-state index in [0.717, 1.165) is 14.8 Å². The van der Waals surface area contributed by atoms with Crippen LogP contribution in [0.1, 0.15) is 19.4 Å². The molecule has 0 aromatic heterocycles. The number of hydrogen-bond acceptors (Lipinski definition) is 3. The van der Waals surface area contributed by atoms with Crippen molar-refractivity contribution in [3.8, 4) is 0 Å². The summed E-state index contributed by atoms with van der Waals surface area (Å²) in [5, 5.41) is 0. The Kier molecular flexibility index (Phi) is 3.59. The van der Waals surface area contributed by atoms with Crippen LogP contribution in [-0.4, -0.2) is 13.1 Å². The van der Waals surface area contributed by atoms with Gasteiger partial charge < -0.3 is 10.5 Å². The van der Waals surface area contributed by atoms with Crippen molar-refractivity contribution in [2.45, 2.75) is 19.3 Å². The quantitative estimate of drug-likeness (QED) is 0.517. The van der Waals surface area contributed by atoms with Crippen molar-refractivity contribution in [1.82, 2.24) is 0 Å². The monoisotopic (exact) mass is 319 g/mol. The molecule has 1 aromatic rings. The van der Waals surface area contributed by atoms with Gasteiger partial charge in [-0.3, -0.25) is 4.79 Å². The summed E-state index contributed by atoms with van der Waals surface area (Å²) in [7, 11) is 1.40. The normalized spacial score (nSPS) is 11.2. The first-order valence-corrected chi connectivity index (χ1v) is 5.61. The number of methoxy groups -OCH3 is 1. The van der Waals surface area contributed by atoms with Gasteiger partial charge in [0, 0.05) is 9.26 Å². The highest BCUT2D eigenvalue weighted by atomic mass is 127. The SMILES string of the molecule is COC(=O)C(C)(C)c1ccc(N)c(I)c1. The van der Waals surface area contributed by atoms with Crippen LogP contribution in [0.2, 0.25) is 0 Å². The molecule has 0 saturated heterocycles. The molecule has 82 valence electrons. The molecule has 0 heterocycles. The number of anilines is 1. The Morgan fingerprint density at radius 3 is 2.53 bits per heavy atom. The van der Waals surface area contributed by atoms with E-state index in [9.17, 15) is 4.79 Å². The van der Waals surface area contributed by atoms with Gasteiger partial charge in [-0.2, -0.15) is 0 Å². The lowest BCUT2D eigenvalue weighted by molar-refractivity contribution is -0.146. The van der Waals surface area contributed by atoms with E-state index >= 15 is 0 Å². The lowest BCUT2D eigenvalue weighted by Gasteiger charge is -2.22. The molecule has 0 aliphatic rings. The van der Waals surface area contributed by atoms with Crippen molar-refractivity contribution in [1.29, 1.82) is 0 Å². The third-order valence-electron chi connectivity index (χ3n) is 2.42. The molecule has 0 spiro atoms. The summed E-state index contributed by atoms with van der Waals surface area (Å²) in [4.78, 5) is 11.6. The van der Waals surface area contributed by atoms with Crippen LogP contribution in [0.15, 0.2) is 18.2 Å². The van der Waals surface area contributed by atoms with Crippen LogP contribution in [0.25, 0.3) is 0 Å². The van der Waals surface area contributed by atoms with Gasteiger partial charge in [-0.05, 0) is 54.1 Å². The number of nitrogen functional groups attached to an aromatic ring is 1. The number of rotatable bonds is 2. The van der Waals surface area contributed by atoms with Crippen LogP contribution in [0.5, 0.6) is 0 Å². The second kappa shape index (κ2) is 4.38. The minimum Gasteiger partial charge on any atom is -0.468 e. The van der Waals surface area contributed by atoms with Crippen molar-refractivity contribution in [2.75, 3.05) is 12.8 Å². The first-order valence-electron chi connectivity index (χ1n) is 4.53. The van der Waals surface area contributed by atoms with E-state index < -0.39 is 5.41 Å². The molecule has 0 saturated carbocycles. The Morgan fingerprint density at radius 2 is 2.07 bits per heavy atom. The summed E-state index contributed by atoms with van der Waals surface area (Å²) >= 11 is 2.15. The standard InChI is InChI=1S/C11H14INO2/c1-11(2,10(14)15-3)7-4-5-9(13)8(12)6-7/h4-6H,13H2,1-3H3. The first kappa shape index (κ1) is 12.3. The second-order valence-corrected chi connectivity index (χ2v) is 5.02. The molecule has 0 aliphatic carbocycles. The number of nitrogens with two attached hydrogens (primary N) is 1. The fourth-order valence-electron chi connectivity index (χ4n) is 1.29. The van der Waals surface area contributed by atoms with Gasteiger partial charge in [0.1, 0.15) is 0 Å². The van der Waals surface area contributed by atoms with Crippen LogP contribution in [0.4, 0.5) is 5.69 Å². The number of halogens is 1. The van der Waals surface area contributed by atoms with Gasteiger partial charge in [0.15, 0.2) is 0 Å². The number of hydrogen-bond donors (Lipinski definition) is 1. The number of esters is 1. The molecular weight excluding hydrogens is 305 g/mol. The Balaban J connectivity index is 3.16. The number of carbonyl (C=O) groups excluding carboxylic acids is 1.